The number of nitrogens with two attached hydrogens (primary N) is 1. The van der Waals surface area contributed by atoms with Crippen molar-refractivity contribution >= 4 is 27.3 Å². The summed E-state index contributed by atoms with van der Waals surface area (Å²) in [5, 5.41) is 0. The molecule has 1 unspecified atom stereocenters. The molecule has 0 spiro atoms. The van der Waals surface area contributed by atoms with E-state index in [0.29, 0.717) is 24.6 Å². The Balaban J connectivity index is 1.93. The number of primary amides is 1. The Kier molecular flexibility index (Phi) is 4.70. The zero-order chi connectivity index (χ0) is 22.8. The van der Waals surface area contributed by atoms with Crippen molar-refractivity contribution in [3.05, 3.63) is 35.7 Å². The average molecular weight is 454 g/mol. The number of alkyl halides is 3. The minimum Gasteiger partial charge on any atom is -0.369 e. The van der Waals surface area contributed by atoms with E-state index in [2.05, 4.69) is 15.0 Å². The van der Waals surface area contributed by atoms with Crippen LogP contribution in [0.1, 0.15) is 30.9 Å². The van der Waals surface area contributed by atoms with Gasteiger partial charge in [-0.2, -0.15) is 17.7 Å². The van der Waals surface area contributed by atoms with Crippen molar-refractivity contribution in [2.24, 2.45) is 12.8 Å². The molecule has 0 radical (unpaired) electrons. The largest absolute Gasteiger partial charge is 0.417 e. The maximum atomic E-state index is 13.0. The molecular formula is C19H19F3N5O3S+. The number of hydrogen-bond donors (Lipinski definition) is 2. The SMILES string of the molecule is CC[S+](=O)(O)c1cc(C2(C(N)=O)CC2)cnc1-c1nc2cc(C(F)(F)F)cnc2n1C. The van der Waals surface area contributed by atoms with E-state index in [9.17, 15) is 26.7 Å². The Hall–Kier alpha value is -2.86. The third-order valence-corrected chi connectivity index (χ3v) is 7.39. The number of carbonyl (C=O) groups excluding carboxylic acids is 1. The lowest BCUT2D eigenvalue weighted by molar-refractivity contribution is -0.137. The molecule has 0 bridgehead atoms. The summed E-state index contributed by atoms with van der Waals surface area (Å²) >= 11 is 0. The number of rotatable bonds is 5. The summed E-state index contributed by atoms with van der Waals surface area (Å²) in [6.07, 6.45) is -1.46. The molecule has 0 aromatic carbocycles. The average Bonchev–Trinajstić information content (AvgIpc) is 3.46. The topological polar surface area (TPSA) is 124 Å². The Labute approximate surface area is 176 Å². The maximum absolute atomic E-state index is 13.0. The van der Waals surface area contributed by atoms with Crippen molar-refractivity contribution < 1.29 is 26.7 Å². The number of pyridine rings is 2. The van der Waals surface area contributed by atoms with Gasteiger partial charge in [0.25, 0.3) is 0 Å². The fourth-order valence-electron chi connectivity index (χ4n) is 3.52. The second-order valence-electron chi connectivity index (χ2n) is 7.51. The van der Waals surface area contributed by atoms with Crippen LogP contribution in [0.2, 0.25) is 0 Å². The molecule has 164 valence electrons. The lowest BCUT2D eigenvalue weighted by Crippen LogP contribution is -2.29. The van der Waals surface area contributed by atoms with E-state index in [4.69, 9.17) is 5.73 Å². The van der Waals surface area contributed by atoms with Crippen molar-refractivity contribution in [1.29, 1.82) is 0 Å². The van der Waals surface area contributed by atoms with E-state index < -0.39 is 33.3 Å². The molecule has 0 aliphatic heterocycles. The maximum Gasteiger partial charge on any atom is 0.417 e. The molecule has 1 amide bonds. The van der Waals surface area contributed by atoms with E-state index in [0.717, 1.165) is 6.07 Å². The lowest BCUT2D eigenvalue weighted by Gasteiger charge is -2.14. The molecule has 31 heavy (non-hydrogen) atoms. The van der Waals surface area contributed by atoms with Gasteiger partial charge in [-0.3, -0.25) is 4.79 Å². The predicted octanol–water partition coefficient (Wildman–Crippen LogP) is 2.92. The van der Waals surface area contributed by atoms with Gasteiger partial charge in [0.1, 0.15) is 11.3 Å². The van der Waals surface area contributed by atoms with Crippen LogP contribution in [0, 0.1) is 0 Å². The molecule has 1 fully saturated rings. The molecule has 12 heteroatoms. The molecule has 8 nitrogen and oxygen atoms in total. The molecule has 1 atom stereocenters. The summed E-state index contributed by atoms with van der Waals surface area (Å²) < 4.78 is 64.0. The summed E-state index contributed by atoms with van der Waals surface area (Å²) in [4.78, 5) is 24.2. The van der Waals surface area contributed by atoms with Crippen molar-refractivity contribution in [2.45, 2.75) is 36.3 Å². The minimum atomic E-state index is -4.58. The molecule has 0 saturated heterocycles. The van der Waals surface area contributed by atoms with Crippen LogP contribution in [-0.2, 0) is 37.9 Å². The standard InChI is InChI=1S/C19H18F3N5O3S/c1-3-31(29,30)13-7-10(18(4-5-18)17(23)28)8-24-14(13)16-26-12-6-11(19(20,21)22)9-25-15(12)27(16)2/h6-9H,3-5H2,1-2H3,(H2-,23,28,29,30)/p+1. The van der Waals surface area contributed by atoms with Crippen LogP contribution in [-0.4, -0.2) is 35.7 Å². The predicted molar refractivity (Wildman–Crippen MR) is 106 cm³/mol. The highest BCUT2D eigenvalue weighted by molar-refractivity contribution is 7.97. The van der Waals surface area contributed by atoms with Crippen molar-refractivity contribution in [2.75, 3.05) is 5.75 Å². The molecule has 3 aromatic heterocycles. The molecule has 1 saturated carbocycles. The molecule has 4 rings (SSSR count). The summed E-state index contributed by atoms with van der Waals surface area (Å²) in [7, 11) is -2.03. The number of imidazole rings is 1. The van der Waals surface area contributed by atoms with Crippen LogP contribution in [0.4, 0.5) is 13.2 Å². The van der Waals surface area contributed by atoms with Crippen LogP contribution in [0.3, 0.4) is 0 Å². The smallest absolute Gasteiger partial charge is 0.369 e. The van der Waals surface area contributed by atoms with Crippen LogP contribution in [0.25, 0.3) is 22.7 Å². The number of hydrogen-bond acceptors (Lipinski definition) is 5. The van der Waals surface area contributed by atoms with Gasteiger partial charge >= 0.3 is 6.18 Å². The first-order valence-electron chi connectivity index (χ1n) is 9.35. The second-order valence-corrected chi connectivity index (χ2v) is 9.80. The van der Waals surface area contributed by atoms with E-state index >= 15 is 0 Å². The first-order valence-corrected chi connectivity index (χ1v) is 11.0. The fourth-order valence-corrected chi connectivity index (χ4v) is 4.59. The Morgan fingerprint density at radius 2 is 1.97 bits per heavy atom. The molecular weight excluding hydrogens is 435 g/mol. The van der Waals surface area contributed by atoms with Gasteiger partial charge in [-0.05, 0) is 31.4 Å². The van der Waals surface area contributed by atoms with E-state index in [1.54, 1.807) is 0 Å². The number of aryl methyl sites for hydroxylation is 1. The highest BCUT2D eigenvalue weighted by Crippen LogP contribution is 2.49. The van der Waals surface area contributed by atoms with Gasteiger partial charge in [-0.1, -0.05) is 4.21 Å². The third-order valence-electron chi connectivity index (χ3n) is 5.61. The Bertz CT molecular complexity index is 1270. The highest BCUT2D eigenvalue weighted by atomic mass is 32.3. The van der Waals surface area contributed by atoms with Crippen LogP contribution in [0.15, 0.2) is 29.4 Å². The molecule has 3 N–H and O–H groups in total. The van der Waals surface area contributed by atoms with Gasteiger partial charge in [-0.25, -0.2) is 15.0 Å². The number of aromatic nitrogens is 4. The normalized spacial score (nSPS) is 17.5. The summed E-state index contributed by atoms with van der Waals surface area (Å²) in [5.41, 5.74) is 4.25. The lowest BCUT2D eigenvalue weighted by atomic mass is 9.97. The van der Waals surface area contributed by atoms with Crippen molar-refractivity contribution in [3.8, 4) is 11.5 Å². The van der Waals surface area contributed by atoms with Crippen molar-refractivity contribution in [3.63, 3.8) is 0 Å². The zero-order valence-corrected chi connectivity index (χ0v) is 17.4. The highest BCUT2D eigenvalue weighted by Gasteiger charge is 2.51. The molecule has 3 heterocycles. The van der Waals surface area contributed by atoms with E-state index in [-0.39, 0.29) is 33.3 Å². The first-order chi connectivity index (χ1) is 14.4. The zero-order valence-electron chi connectivity index (χ0n) is 16.6. The van der Waals surface area contributed by atoms with Crippen LogP contribution < -0.4 is 5.73 Å². The van der Waals surface area contributed by atoms with Gasteiger partial charge in [-0.15, -0.1) is 0 Å². The molecule has 1 aliphatic rings. The van der Waals surface area contributed by atoms with Crippen LogP contribution >= 0.6 is 0 Å². The number of carbonyl (C=O) groups is 1. The molecule has 1 aliphatic carbocycles. The van der Waals surface area contributed by atoms with Crippen molar-refractivity contribution in [1.82, 2.24) is 19.5 Å². The van der Waals surface area contributed by atoms with Gasteiger partial charge < -0.3 is 10.3 Å². The van der Waals surface area contributed by atoms with Gasteiger partial charge in [0.2, 0.25) is 21.0 Å². The van der Waals surface area contributed by atoms with Gasteiger partial charge in [0.05, 0.1) is 11.0 Å². The number of amides is 1. The third kappa shape index (κ3) is 3.39. The van der Waals surface area contributed by atoms with Gasteiger partial charge in [0.15, 0.2) is 17.2 Å². The summed E-state index contributed by atoms with van der Waals surface area (Å²) in [6.45, 7) is 1.52. The van der Waals surface area contributed by atoms with E-state index in [1.165, 1.54) is 30.8 Å². The number of fused-ring (bicyclic) bond motifs is 1. The Morgan fingerprint density at radius 1 is 1.29 bits per heavy atom. The monoisotopic (exact) mass is 454 g/mol. The molecule has 3 aromatic rings. The summed E-state index contributed by atoms with van der Waals surface area (Å²) in [6, 6.07) is 2.29. The van der Waals surface area contributed by atoms with E-state index in [1.807, 2.05) is 0 Å². The van der Waals surface area contributed by atoms with Gasteiger partial charge in [0, 0.05) is 25.5 Å². The second kappa shape index (κ2) is 6.82. The summed E-state index contributed by atoms with van der Waals surface area (Å²) in [5.74, 6) is -0.585. The Morgan fingerprint density at radius 3 is 2.52 bits per heavy atom. The number of nitrogens with zero attached hydrogens (tertiary/aromatic N) is 4. The van der Waals surface area contributed by atoms with Crippen LogP contribution in [0.5, 0.6) is 0 Å². The number of halogens is 3. The fraction of sp³-hybridized carbons (Fsp3) is 0.368. The first kappa shape index (κ1) is 21.4. The quantitative estimate of drug-likeness (QED) is 0.572. The minimum absolute atomic E-state index is 0.0270.